The Morgan fingerprint density at radius 3 is 2.07 bits per heavy atom. The molecule has 0 radical (unpaired) electrons. The van der Waals surface area contributed by atoms with Gasteiger partial charge >= 0.3 is 0 Å². The van der Waals surface area contributed by atoms with E-state index in [0.29, 0.717) is 6.04 Å². The highest BCUT2D eigenvalue weighted by Crippen LogP contribution is 2.30. The van der Waals surface area contributed by atoms with Crippen molar-refractivity contribution < 1.29 is 4.79 Å². The summed E-state index contributed by atoms with van der Waals surface area (Å²) in [7, 11) is 3.68. The lowest BCUT2D eigenvalue weighted by Crippen LogP contribution is -2.40. The third-order valence-corrected chi connectivity index (χ3v) is 7.35. The molecule has 0 aliphatic heterocycles. The van der Waals surface area contributed by atoms with E-state index in [-0.39, 0.29) is 11.8 Å². The quantitative estimate of drug-likeness (QED) is 0.410. The number of nitrogens with zero attached hydrogens (tertiary/aromatic N) is 1. The Bertz CT molecular complexity index is 492. The van der Waals surface area contributed by atoms with Gasteiger partial charge in [0, 0.05) is 23.9 Å². The first-order chi connectivity index (χ1) is 14.0. The second-order valence-electron chi connectivity index (χ2n) is 9.91. The highest BCUT2D eigenvalue weighted by molar-refractivity contribution is 6.35. The molecule has 0 aromatic heterocycles. The third kappa shape index (κ3) is 9.19. The maximum Gasteiger partial charge on any atom is 0.227 e. The molecule has 3 N–H and O–H groups in total. The van der Waals surface area contributed by atoms with Crippen LogP contribution in [0.15, 0.2) is 11.9 Å². The summed E-state index contributed by atoms with van der Waals surface area (Å²) >= 11 is 0. The fourth-order valence-corrected chi connectivity index (χ4v) is 5.18. The molecule has 0 heterocycles. The van der Waals surface area contributed by atoms with Crippen molar-refractivity contribution >= 4 is 21.0 Å². The number of nitrogens with two attached hydrogens (primary N) is 1. The van der Waals surface area contributed by atoms with Crippen LogP contribution in [0.5, 0.6) is 0 Å². The van der Waals surface area contributed by atoms with Crippen molar-refractivity contribution in [2.45, 2.75) is 121 Å². The lowest BCUT2D eigenvalue weighted by atomic mass is 9.60. The Balaban J connectivity index is 1.81. The van der Waals surface area contributed by atoms with E-state index < -0.39 is 0 Å². The van der Waals surface area contributed by atoms with E-state index in [1.165, 1.54) is 71.5 Å². The Hall–Kier alpha value is -0.900. The van der Waals surface area contributed by atoms with Gasteiger partial charge in [0.2, 0.25) is 5.91 Å². The zero-order valence-electron chi connectivity index (χ0n) is 19.4. The summed E-state index contributed by atoms with van der Waals surface area (Å²) in [4.78, 5) is 12.9. The first kappa shape index (κ1) is 24.4. The van der Waals surface area contributed by atoms with E-state index in [2.05, 4.69) is 20.0 Å². The summed E-state index contributed by atoms with van der Waals surface area (Å²) in [5, 5.41) is 5.01. The molecule has 6 heteroatoms. The van der Waals surface area contributed by atoms with Gasteiger partial charge in [-0.25, -0.2) is 5.84 Å². The van der Waals surface area contributed by atoms with Gasteiger partial charge in [0.1, 0.15) is 15.1 Å². The van der Waals surface area contributed by atoms with Crippen LogP contribution in [0, 0.1) is 5.92 Å². The van der Waals surface area contributed by atoms with E-state index in [1.807, 2.05) is 18.1 Å². The molecule has 1 amide bonds. The van der Waals surface area contributed by atoms with Crippen molar-refractivity contribution in [3.05, 3.63) is 11.9 Å². The van der Waals surface area contributed by atoms with E-state index in [4.69, 9.17) is 5.84 Å². The molecule has 0 aromatic carbocycles. The Labute approximate surface area is 181 Å². The topological polar surface area (TPSA) is 58.4 Å². The first-order valence-electron chi connectivity index (χ1n) is 12.5. The molecular weight excluding hydrogens is 356 g/mol. The number of hydrogen-bond donors (Lipinski definition) is 2. The predicted octanol–water partition coefficient (Wildman–Crippen LogP) is 4.31. The minimum Gasteiger partial charge on any atom is -0.328 e. The molecule has 2 rings (SSSR count). The van der Waals surface area contributed by atoms with Gasteiger partial charge < -0.3 is 10.3 Å². The predicted molar refractivity (Wildman–Crippen MR) is 129 cm³/mol. The molecule has 0 spiro atoms. The largest absolute Gasteiger partial charge is 0.328 e. The fraction of sp³-hybridized carbons (Fsp3) is 0.870. The smallest absolute Gasteiger partial charge is 0.227 e. The zero-order valence-corrected chi connectivity index (χ0v) is 19.4. The molecule has 164 valence electrons. The summed E-state index contributed by atoms with van der Waals surface area (Å²) < 4.78 is 0. The highest BCUT2D eigenvalue weighted by Gasteiger charge is 2.23. The molecule has 2 fully saturated rings. The van der Waals surface area contributed by atoms with Gasteiger partial charge in [0.15, 0.2) is 0 Å². The molecule has 29 heavy (non-hydrogen) atoms. The van der Waals surface area contributed by atoms with E-state index in [1.54, 1.807) is 0 Å². The number of carbonyl (C=O) groups is 1. The summed E-state index contributed by atoms with van der Waals surface area (Å²) in [6.07, 6.45) is 19.1. The van der Waals surface area contributed by atoms with Gasteiger partial charge in [-0.1, -0.05) is 82.7 Å². The van der Waals surface area contributed by atoms with E-state index >= 15 is 0 Å². The van der Waals surface area contributed by atoms with Crippen LogP contribution in [0.1, 0.15) is 96.8 Å². The average Bonchev–Trinajstić information content (AvgIpc) is 2.70. The number of hydrogen-bond acceptors (Lipinski definition) is 3. The Kier molecular flexibility index (Phi) is 11.3. The molecule has 0 aromatic rings. The minimum atomic E-state index is 0.154. The molecule has 2 aliphatic carbocycles. The van der Waals surface area contributed by atoms with Gasteiger partial charge in [-0.15, -0.1) is 0 Å². The molecule has 4 nitrogen and oxygen atoms in total. The lowest BCUT2D eigenvalue weighted by molar-refractivity contribution is -0.124. The summed E-state index contributed by atoms with van der Waals surface area (Å²) in [5.41, 5.74) is 0.884. The van der Waals surface area contributed by atoms with Crippen molar-refractivity contribution in [2.24, 2.45) is 11.8 Å². The maximum atomic E-state index is 12.9. The van der Waals surface area contributed by atoms with Crippen LogP contribution in [-0.2, 0) is 4.79 Å². The SMILES string of the molecule is BC1CCCCCC(C(=O)N/C(C)=C/N(N)C2CCC(BC)CC2)CCCCC1. The van der Waals surface area contributed by atoms with E-state index in [9.17, 15) is 4.79 Å². The van der Waals surface area contributed by atoms with Crippen molar-refractivity contribution in [3.8, 4) is 0 Å². The lowest BCUT2D eigenvalue weighted by Gasteiger charge is -2.33. The second kappa shape index (κ2) is 13.4. The van der Waals surface area contributed by atoms with Gasteiger partial charge in [0.25, 0.3) is 0 Å². The van der Waals surface area contributed by atoms with Crippen molar-refractivity contribution in [2.75, 3.05) is 0 Å². The van der Waals surface area contributed by atoms with Crippen molar-refractivity contribution in [3.63, 3.8) is 0 Å². The number of rotatable bonds is 5. The first-order valence-corrected chi connectivity index (χ1v) is 12.5. The molecule has 0 unspecified atom stereocenters. The van der Waals surface area contributed by atoms with Gasteiger partial charge in [-0.2, -0.15) is 0 Å². The number of hydrazine groups is 1. The number of amides is 1. The Morgan fingerprint density at radius 1 is 0.966 bits per heavy atom. The highest BCUT2D eigenvalue weighted by atomic mass is 16.1. The van der Waals surface area contributed by atoms with Crippen LogP contribution in [-0.4, -0.2) is 32.1 Å². The number of nitrogens with one attached hydrogen (secondary N) is 1. The van der Waals surface area contributed by atoms with Crippen LogP contribution < -0.4 is 11.2 Å². The van der Waals surface area contributed by atoms with Crippen LogP contribution in [0.3, 0.4) is 0 Å². The number of allylic oxidation sites excluding steroid dienone is 1. The van der Waals surface area contributed by atoms with Crippen molar-refractivity contribution in [1.82, 2.24) is 10.3 Å². The van der Waals surface area contributed by atoms with E-state index in [0.717, 1.165) is 43.0 Å². The fourth-order valence-electron chi connectivity index (χ4n) is 5.18. The van der Waals surface area contributed by atoms with Crippen LogP contribution in [0.2, 0.25) is 18.5 Å². The maximum absolute atomic E-state index is 12.9. The Morgan fingerprint density at radius 2 is 1.52 bits per heavy atom. The molecule has 2 aliphatic rings. The van der Waals surface area contributed by atoms with Crippen LogP contribution >= 0.6 is 0 Å². The van der Waals surface area contributed by atoms with Crippen LogP contribution in [0.25, 0.3) is 0 Å². The monoisotopic (exact) mass is 401 g/mol. The number of carbonyl (C=O) groups excluding carboxylic acids is 1. The van der Waals surface area contributed by atoms with Gasteiger partial charge in [-0.3, -0.25) is 4.79 Å². The van der Waals surface area contributed by atoms with Gasteiger partial charge in [-0.05, 0) is 32.6 Å². The summed E-state index contributed by atoms with van der Waals surface area (Å²) in [5.74, 6) is 8.42. The summed E-state index contributed by atoms with van der Waals surface area (Å²) in [6, 6.07) is 0.411. The van der Waals surface area contributed by atoms with Crippen LogP contribution in [0.4, 0.5) is 0 Å². The minimum absolute atomic E-state index is 0.154. The standard InChI is InChI=1S/C23H45B2N3O/c1-18(17-28(26)22-15-13-21(25-2)14-16-22)27-23(29)19-9-5-3-7-11-20(24)12-8-4-6-10-19/h17,19-22,25H,3-16,24,26H2,1-2H3,(H,27,29)/b18-17+. The molecule has 0 bridgehead atoms. The zero-order chi connectivity index (χ0) is 21.1. The second-order valence-corrected chi connectivity index (χ2v) is 9.91. The third-order valence-electron chi connectivity index (χ3n) is 7.35. The van der Waals surface area contributed by atoms with Crippen molar-refractivity contribution in [1.29, 1.82) is 0 Å². The normalized spacial score (nSPS) is 30.5. The molecule has 0 saturated heterocycles. The molecule has 0 atom stereocenters. The summed E-state index contributed by atoms with van der Waals surface area (Å²) in [6.45, 7) is 4.26. The average molecular weight is 401 g/mol. The van der Waals surface area contributed by atoms with Gasteiger partial charge in [0.05, 0.1) is 0 Å². The molecular formula is C23H45B2N3O. The molecule has 2 saturated carbocycles.